The maximum Gasteiger partial charge on any atom is 0.353 e. The van der Waals surface area contributed by atoms with Gasteiger partial charge in [-0.05, 0) is 18.9 Å². The molecule has 0 aromatic heterocycles. The van der Waals surface area contributed by atoms with Gasteiger partial charge >= 0.3 is 5.97 Å². The Morgan fingerprint density at radius 3 is 2.71 bits per heavy atom. The van der Waals surface area contributed by atoms with Crippen molar-refractivity contribution in [3.63, 3.8) is 0 Å². The summed E-state index contributed by atoms with van der Waals surface area (Å²) in [5.74, 6) is -1.83. The lowest BCUT2D eigenvalue weighted by molar-refractivity contribution is -0.135. The second kappa shape index (κ2) is 8.25. The molecule has 2 rings (SSSR count). The third-order valence-electron chi connectivity index (χ3n) is 3.49. The second-order valence-corrected chi connectivity index (χ2v) is 7.16. The highest BCUT2D eigenvalue weighted by atomic mass is 32.2. The van der Waals surface area contributed by atoms with Crippen molar-refractivity contribution in [1.82, 2.24) is 10.6 Å². The van der Waals surface area contributed by atoms with Crippen molar-refractivity contribution in [2.75, 3.05) is 5.75 Å². The van der Waals surface area contributed by atoms with Crippen molar-refractivity contribution in [2.24, 2.45) is 0 Å². The first-order valence-corrected chi connectivity index (χ1v) is 8.79. The maximum atomic E-state index is 12.3. The van der Waals surface area contributed by atoms with Gasteiger partial charge in [0.2, 0.25) is 11.8 Å². The van der Waals surface area contributed by atoms with Crippen molar-refractivity contribution in [3.8, 4) is 0 Å². The van der Waals surface area contributed by atoms with E-state index in [1.807, 2.05) is 30.3 Å². The van der Waals surface area contributed by atoms with Crippen LogP contribution in [0.5, 0.6) is 0 Å². The number of thiol groups is 1. The topological polar surface area (TPSA) is 95.5 Å². The number of benzene rings is 1. The lowest BCUT2D eigenvalue weighted by atomic mass is 10.1. The fourth-order valence-corrected chi connectivity index (χ4v) is 3.38. The minimum atomic E-state index is -1.20. The Morgan fingerprint density at radius 2 is 2.08 bits per heavy atom. The van der Waals surface area contributed by atoms with Gasteiger partial charge < -0.3 is 15.7 Å². The molecule has 0 spiro atoms. The number of thioether (sulfide) groups is 1. The molecule has 0 saturated heterocycles. The fourth-order valence-electron chi connectivity index (χ4n) is 2.16. The zero-order valence-corrected chi connectivity index (χ0v) is 14.7. The van der Waals surface area contributed by atoms with Gasteiger partial charge in [-0.1, -0.05) is 30.3 Å². The molecule has 6 nitrogen and oxygen atoms in total. The summed E-state index contributed by atoms with van der Waals surface area (Å²) in [5, 5.41) is 13.5. The Balaban J connectivity index is 1.97. The largest absolute Gasteiger partial charge is 0.477 e. The molecule has 128 valence electrons. The highest BCUT2D eigenvalue weighted by Gasteiger charge is 2.29. The molecule has 0 bridgehead atoms. The Hall–Kier alpha value is -1.93. The van der Waals surface area contributed by atoms with Crippen molar-refractivity contribution >= 4 is 42.2 Å². The molecule has 1 heterocycles. The number of hydrogen-bond acceptors (Lipinski definition) is 5. The van der Waals surface area contributed by atoms with Crippen LogP contribution in [0.1, 0.15) is 12.5 Å². The monoisotopic (exact) mass is 366 g/mol. The van der Waals surface area contributed by atoms with Gasteiger partial charge in [0.05, 0.1) is 5.25 Å². The summed E-state index contributed by atoms with van der Waals surface area (Å²) >= 11 is 5.53. The molecule has 1 aromatic rings. The Kier molecular flexibility index (Phi) is 6.33. The SMILES string of the molecule is CC1=C(C(=O)O)NC(=O)[C@@H](NC(=O)C(S)Cc2ccccc2)CS1. The molecule has 0 radical (unpaired) electrons. The van der Waals surface area contributed by atoms with Gasteiger partial charge in [0.1, 0.15) is 11.7 Å². The number of amides is 2. The zero-order valence-electron chi connectivity index (χ0n) is 13.0. The first kappa shape index (κ1) is 18.4. The number of nitrogens with one attached hydrogen (secondary N) is 2. The number of hydrogen-bond donors (Lipinski definition) is 4. The van der Waals surface area contributed by atoms with E-state index < -0.39 is 23.2 Å². The summed E-state index contributed by atoms with van der Waals surface area (Å²) in [6.45, 7) is 1.62. The molecule has 24 heavy (non-hydrogen) atoms. The van der Waals surface area contributed by atoms with Gasteiger partial charge in [-0.3, -0.25) is 9.59 Å². The van der Waals surface area contributed by atoms with Gasteiger partial charge in [0.25, 0.3) is 0 Å². The zero-order chi connectivity index (χ0) is 17.7. The summed E-state index contributed by atoms with van der Waals surface area (Å²) in [7, 11) is 0. The van der Waals surface area contributed by atoms with E-state index in [1.165, 1.54) is 11.8 Å². The van der Waals surface area contributed by atoms with E-state index in [1.54, 1.807) is 6.92 Å². The molecule has 0 fully saturated rings. The number of rotatable bonds is 5. The molecule has 2 atom stereocenters. The average molecular weight is 366 g/mol. The van der Waals surface area contributed by atoms with Gasteiger partial charge in [0, 0.05) is 10.7 Å². The van der Waals surface area contributed by atoms with Crippen LogP contribution < -0.4 is 10.6 Å². The minimum Gasteiger partial charge on any atom is -0.477 e. The summed E-state index contributed by atoms with van der Waals surface area (Å²) in [6.07, 6.45) is 0.439. The molecule has 1 unspecified atom stereocenters. The van der Waals surface area contributed by atoms with E-state index in [0.717, 1.165) is 5.56 Å². The number of carbonyl (C=O) groups is 3. The first-order chi connectivity index (χ1) is 11.4. The Bertz CT molecular complexity index is 676. The van der Waals surface area contributed by atoms with Gasteiger partial charge in [-0.25, -0.2) is 4.79 Å². The van der Waals surface area contributed by atoms with Crippen LogP contribution in [-0.4, -0.2) is 39.9 Å². The first-order valence-electron chi connectivity index (χ1n) is 7.28. The molecular weight excluding hydrogens is 348 g/mol. The van der Waals surface area contributed by atoms with Crippen molar-refractivity contribution in [3.05, 3.63) is 46.5 Å². The smallest absolute Gasteiger partial charge is 0.353 e. The standard InChI is InChI=1S/C16H18N2O4S2/c1-9-13(16(21)22)18-14(19)11(8-24-9)17-15(20)12(23)7-10-5-3-2-4-6-10/h2-6,11-12,23H,7-8H2,1H3,(H,17,20)(H,18,19)(H,21,22)/t11-,12?/m0/s1. The highest BCUT2D eigenvalue weighted by molar-refractivity contribution is 8.03. The number of carboxylic acids is 1. The van der Waals surface area contributed by atoms with Crippen LogP contribution in [-0.2, 0) is 20.8 Å². The third kappa shape index (κ3) is 4.78. The molecule has 1 aliphatic rings. The predicted octanol–water partition coefficient (Wildman–Crippen LogP) is 1.19. The molecule has 2 amide bonds. The Morgan fingerprint density at radius 1 is 1.42 bits per heavy atom. The molecule has 0 saturated carbocycles. The van der Waals surface area contributed by atoms with Crippen molar-refractivity contribution in [1.29, 1.82) is 0 Å². The normalized spacial score (nSPS) is 19.2. The molecule has 8 heteroatoms. The van der Waals surface area contributed by atoms with Crippen LogP contribution in [0, 0.1) is 0 Å². The lowest BCUT2D eigenvalue weighted by Gasteiger charge is -2.18. The van der Waals surface area contributed by atoms with Crippen LogP contribution in [0.25, 0.3) is 0 Å². The van der Waals surface area contributed by atoms with Gasteiger partial charge in [0.15, 0.2) is 0 Å². The molecule has 3 N–H and O–H groups in total. The summed E-state index contributed by atoms with van der Waals surface area (Å²) in [6, 6.07) is 8.64. The number of carbonyl (C=O) groups excluding carboxylic acids is 2. The fraction of sp³-hybridized carbons (Fsp3) is 0.312. The predicted molar refractivity (Wildman–Crippen MR) is 95.8 cm³/mol. The van der Waals surface area contributed by atoms with E-state index in [0.29, 0.717) is 11.3 Å². The van der Waals surface area contributed by atoms with E-state index in [9.17, 15) is 14.4 Å². The number of allylic oxidation sites excluding steroid dienone is 1. The van der Waals surface area contributed by atoms with Crippen LogP contribution in [0.2, 0.25) is 0 Å². The summed E-state index contributed by atoms with van der Waals surface area (Å²) in [5.41, 5.74) is 0.825. The van der Waals surface area contributed by atoms with Crippen LogP contribution in [0.3, 0.4) is 0 Å². The van der Waals surface area contributed by atoms with E-state index >= 15 is 0 Å². The van der Waals surface area contributed by atoms with Crippen LogP contribution in [0.4, 0.5) is 0 Å². The molecular formula is C16H18N2O4S2. The molecule has 0 aliphatic carbocycles. The van der Waals surface area contributed by atoms with Gasteiger partial charge in [-0.15, -0.1) is 11.8 Å². The van der Waals surface area contributed by atoms with E-state index in [2.05, 4.69) is 23.3 Å². The van der Waals surface area contributed by atoms with Crippen molar-refractivity contribution < 1.29 is 19.5 Å². The number of carboxylic acid groups (broad SMARTS) is 1. The highest BCUT2D eigenvalue weighted by Crippen LogP contribution is 2.22. The Labute approximate surface area is 149 Å². The van der Waals surface area contributed by atoms with Crippen LogP contribution >= 0.6 is 24.4 Å². The quantitative estimate of drug-likeness (QED) is 0.587. The maximum absolute atomic E-state index is 12.3. The second-order valence-electron chi connectivity index (χ2n) is 5.30. The third-order valence-corrected chi connectivity index (χ3v) is 5.04. The van der Waals surface area contributed by atoms with Gasteiger partial charge in [-0.2, -0.15) is 12.6 Å². The van der Waals surface area contributed by atoms with Crippen LogP contribution in [0.15, 0.2) is 40.9 Å². The minimum absolute atomic E-state index is 0.145. The molecule has 1 aromatic carbocycles. The average Bonchev–Trinajstić information content (AvgIpc) is 2.69. The summed E-state index contributed by atoms with van der Waals surface area (Å²) < 4.78 is 0. The van der Waals surface area contributed by atoms with E-state index in [4.69, 9.17) is 5.11 Å². The van der Waals surface area contributed by atoms with E-state index in [-0.39, 0.29) is 17.4 Å². The van der Waals surface area contributed by atoms with Crippen molar-refractivity contribution in [2.45, 2.75) is 24.6 Å². The lowest BCUT2D eigenvalue weighted by Crippen LogP contribution is -2.50. The number of aliphatic carboxylic acids is 1. The molecule has 1 aliphatic heterocycles. The summed E-state index contributed by atoms with van der Waals surface area (Å²) in [4.78, 5) is 36.0.